The fourth-order valence-electron chi connectivity index (χ4n) is 3.80. The maximum Gasteiger partial charge on any atom is 0.222 e. The molecule has 0 saturated heterocycles. The van der Waals surface area contributed by atoms with Gasteiger partial charge in [0.2, 0.25) is 5.95 Å². The van der Waals surface area contributed by atoms with Crippen LogP contribution in [-0.4, -0.2) is 15.0 Å². The Labute approximate surface area is 162 Å². The number of aromatic nitrogens is 3. The van der Waals surface area contributed by atoms with E-state index >= 15 is 0 Å². The monoisotopic (exact) mass is 425 g/mol. The van der Waals surface area contributed by atoms with Crippen molar-refractivity contribution in [2.24, 2.45) is 0 Å². The molecule has 0 radical (unpaired) electrons. The predicted molar refractivity (Wildman–Crippen MR) is 111 cm³/mol. The fourth-order valence-corrected chi connectivity index (χ4v) is 5.11. The number of nitrogen functional groups attached to an aromatic ring is 2. The molecule has 0 bridgehead atoms. The summed E-state index contributed by atoms with van der Waals surface area (Å²) in [4.78, 5) is 14.6. The number of aryl methyl sites for hydroxylation is 1. The van der Waals surface area contributed by atoms with Crippen LogP contribution in [0.3, 0.4) is 0 Å². The molecule has 26 heavy (non-hydrogen) atoms. The third-order valence-corrected chi connectivity index (χ3v) is 6.54. The highest BCUT2D eigenvalue weighted by molar-refractivity contribution is 9.10. The SMILES string of the molecule is Nc1nc(N)c2sc3nc4c(c(-c5ccc(Br)cc5)c3c2n1)CCCC4. The van der Waals surface area contributed by atoms with E-state index in [4.69, 9.17) is 16.5 Å². The van der Waals surface area contributed by atoms with Gasteiger partial charge in [-0.2, -0.15) is 4.98 Å². The molecular formula is C19H16BrN5S. The number of nitrogens with two attached hydrogens (primary N) is 2. The van der Waals surface area contributed by atoms with Crippen LogP contribution in [0.5, 0.6) is 0 Å². The summed E-state index contributed by atoms with van der Waals surface area (Å²) in [5, 5.41) is 1.05. The Bertz CT molecular complexity index is 1170. The Morgan fingerprint density at radius 1 is 0.962 bits per heavy atom. The van der Waals surface area contributed by atoms with Gasteiger partial charge in [-0.25, -0.2) is 9.97 Å². The van der Waals surface area contributed by atoms with Gasteiger partial charge in [0.25, 0.3) is 0 Å². The fraction of sp³-hybridized carbons (Fsp3) is 0.211. The Morgan fingerprint density at radius 2 is 1.73 bits per heavy atom. The molecule has 4 aromatic rings. The number of fused-ring (bicyclic) bond motifs is 4. The first-order chi connectivity index (χ1) is 12.6. The molecule has 5 nitrogen and oxygen atoms in total. The van der Waals surface area contributed by atoms with Gasteiger partial charge in [-0.1, -0.05) is 28.1 Å². The summed E-state index contributed by atoms with van der Waals surface area (Å²) >= 11 is 5.09. The van der Waals surface area contributed by atoms with E-state index < -0.39 is 0 Å². The average molecular weight is 426 g/mol. The van der Waals surface area contributed by atoms with Crippen LogP contribution >= 0.6 is 27.3 Å². The van der Waals surface area contributed by atoms with E-state index in [1.807, 2.05) is 0 Å². The number of thiophene rings is 1. The van der Waals surface area contributed by atoms with Gasteiger partial charge in [-0.3, -0.25) is 0 Å². The van der Waals surface area contributed by atoms with Crippen LogP contribution in [0.15, 0.2) is 28.7 Å². The van der Waals surface area contributed by atoms with Crippen molar-refractivity contribution < 1.29 is 0 Å². The van der Waals surface area contributed by atoms with Crippen LogP contribution in [0, 0.1) is 0 Å². The van der Waals surface area contributed by atoms with Crippen LogP contribution in [0.4, 0.5) is 11.8 Å². The second kappa shape index (κ2) is 5.89. The number of nitrogens with zero attached hydrogens (tertiary/aromatic N) is 3. The number of hydrogen-bond acceptors (Lipinski definition) is 6. The van der Waals surface area contributed by atoms with Crippen molar-refractivity contribution in [3.8, 4) is 11.1 Å². The Morgan fingerprint density at radius 3 is 2.54 bits per heavy atom. The molecule has 4 N–H and O–H groups in total. The van der Waals surface area contributed by atoms with E-state index in [0.717, 1.165) is 37.7 Å². The van der Waals surface area contributed by atoms with Gasteiger partial charge < -0.3 is 11.5 Å². The van der Waals surface area contributed by atoms with E-state index in [1.165, 1.54) is 35.2 Å². The second-order valence-electron chi connectivity index (χ2n) is 6.55. The molecule has 1 aliphatic carbocycles. The topological polar surface area (TPSA) is 90.7 Å². The molecule has 0 atom stereocenters. The van der Waals surface area contributed by atoms with Crippen molar-refractivity contribution in [1.29, 1.82) is 0 Å². The lowest BCUT2D eigenvalue weighted by molar-refractivity contribution is 0.673. The standard InChI is InChI=1S/C19H16BrN5S/c20-10-7-5-9(6-8-10)13-11-3-1-2-4-12(11)23-18-14(13)15-16(26-18)17(21)25-19(22)24-15/h5-8H,1-4H2,(H4,21,22,24,25). The third-order valence-electron chi connectivity index (χ3n) is 4.92. The number of benzene rings is 1. The molecule has 7 heteroatoms. The lowest BCUT2D eigenvalue weighted by Crippen LogP contribution is -2.07. The predicted octanol–water partition coefficient (Wildman–Crippen LogP) is 4.71. The van der Waals surface area contributed by atoms with Crippen molar-refractivity contribution in [2.45, 2.75) is 25.7 Å². The molecule has 0 amide bonds. The van der Waals surface area contributed by atoms with Crippen LogP contribution in [-0.2, 0) is 12.8 Å². The molecule has 0 aliphatic heterocycles. The quantitative estimate of drug-likeness (QED) is 0.460. The number of halogens is 1. The molecule has 1 aliphatic rings. The normalized spacial score (nSPS) is 14.0. The molecule has 0 saturated carbocycles. The zero-order valence-electron chi connectivity index (χ0n) is 13.9. The van der Waals surface area contributed by atoms with Gasteiger partial charge in [-0.15, -0.1) is 11.3 Å². The van der Waals surface area contributed by atoms with E-state index in [-0.39, 0.29) is 5.95 Å². The second-order valence-corrected chi connectivity index (χ2v) is 8.47. The van der Waals surface area contributed by atoms with Gasteiger partial charge in [-0.05, 0) is 54.5 Å². The number of hydrogen-bond donors (Lipinski definition) is 2. The molecule has 0 fully saturated rings. The highest BCUT2D eigenvalue weighted by atomic mass is 79.9. The highest BCUT2D eigenvalue weighted by Gasteiger charge is 2.24. The first-order valence-corrected chi connectivity index (χ1v) is 10.2. The Balaban J connectivity index is 1.97. The third kappa shape index (κ3) is 2.38. The maximum atomic E-state index is 6.13. The molecule has 3 aromatic heterocycles. The molecule has 130 valence electrons. The highest BCUT2D eigenvalue weighted by Crippen LogP contribution is 2.44. The smallest absolute Gasteiger partial charge is 0.222 e. The van der Waals surface area contributed by atoms with Crippen LogP contribution in [0.1, 0.15) is 24.1 Å². The molecule has 0 spiro atoms. The van der Waals surface area contributed by atoms with E-state index in [2.05, 4.69) is 50.2 Å². The first-order valence-electron chi connectivity index (χ1n) is 8.54. The molecule has 3 heterocycles. The van der Waals surface area contributed by atoms with Crippen LogP contribution in [0.2, 0.25) is 0 Å². The summed E-state index contributed by atoms with van der Waals surface area (Å²) in [6.45, 7) is 0. The van der Waals surface area contributed by atoms with E-state index in [9.17, 15) is 0 Å². The van der Waals surface area contributed by atoms with Crippen molar-refractivity contribution in [3.05, 3.63) is 40.0 Å². The molecule has 1 aromatic carbocycles. The zero-order valence-corrected chi connectivity index (χ0v) is 16.3. The van der Waals surface area contributed by atoms with Crippen molar-refractivity contribution in [3.63, 3.8) is 0 Å². The lowest BCUT2D eigenvalue weighted by atomic mass is 9.87. The Kier molecular flexibility index (Phi) is 3.62. The minimum absolute atomic E-state index is 0.203. The first kappa shape index (κ1) is 16.0. The van der Waals surface area contributed by atoms with Crippen molar-refractivity contribution in [1.82, 2.24) is 15.0 Å². The van der Waals surface area contributed by atoms with Crippen LogP contribution < -0.4 is 11.5 Å². The minimum atomic E-state index is 0.203. The van der Waals surface area contributed by atoms with E-state index in [1.54, 1.807) is 11.3 Å². The van der Waals surface area contributed by atoms with Gasteiger partial charge in [0, 0.05) is 15.6 Å². The van der Waals surface area contributed by atoms with Crippen molar-refractivity contribution in [2.75, 3.05) is 11.5 Å². The van der Waals surface area contributed by atoms with Gasteiger partial charge in [0.15, 0.2) is 0 Å². The number of rotatable bonds is 1. The minimum Gasteiger partial charge on any atom is -0.382 e. The van der Waals surface area contributed by atoms with E-state index in [0.29, 0.717) is 5.82 Å². The summed E-state index contributed by atoms with van der Waals surface area (Å²) in [5.74, 6) is 0.629. The maximum absolute atomic E-state index is 6.13. The Hall–Kier alpha value is -2.25. The molecule has 0 unspecified atom stereocenters. The summed E-state index contributed by atoms with van der Waals surface area (Å²) in [5.41, 5.74) is 17.8. The average Bonchev–Trinajstić information content (AvgIpc) is 2.99. The summed E-state index contributed by atoms with van der Waals surface area (Å²) in [7, 11) is 0. The summed E-state index contributed by atoms with van der Waals surface area (Å²) in [6.07, 6.45) is 4.43. The molecule has 5 rings (SSSR count). The lowest BCUT2D eigenvalue weighted by Gasteiger charge is -2.20. The molecular weight excluding hydrogens is 410 g/mol. The number of anilines is 2. The van der Waals surface area contributed by atoms with Crippen molar-refractivity contribution >= 4 is 59.5 Å². The largest absolute Gasteiger partial charge is 0.382 e. The summed E-state index contributed by atoms with van der Waals surface area (Å²) < 4.78 is 1.92. The van der Waals surface area contributed by atoms with Gasteiger partial charge in [0.1, 0.15) is 10.6 Å². The number of pyridine rings is 1. The van der Waals surface area contributed by atoms with Gasteiger partial charge in [0.05, 0.1) is 10.2 Å². The van der Waals surface area contributed by atoms with Gasteiger partial charge >= 0.3 is 0 Å². The van der Waals surface area contributed by atoms with Crippen LogP contribution in [0.25, 0.3) is 31.6 Å². The summed E-state index contributed by atoms with van der Waals surface area (Å²) in [6, 6.07) is 8.43. The zero-order chi connectivity index (χ0) is 17.8.